The van der Waals surface area contributed by atoms with E-state index in [1.807, 2.05) is 0 Å². The maximum Gasteiger partial charge on any atom is 0.343 e. The van der Waals surface area contributed by atoms with Crippen molar-refractivity contribution in [3.05, 3.63) is 97.6 Å². The van der Waals surface area contributed by atoms with E-state index in [0.717, 1.165) is 16.7 Å². The highest BCUT2D eigenvalue weighted by atomic mass is 79.9. The number of hydrogen-bond acceptors (Lipinski definition) is 6. The molecule has 1 aliphatic heterocycles. The van der Waals surface area contributed by atoms with Crippen LogP contribution in [0, 0.1) is 5.82 Å². The first-order chi connectivity index (χ1) is 17.3. The van der Waals surface area contributed by atoms with Crippen molar-refractivity contribution in [2.45, 2.75) is 13.5 Å². The second-order valence-electron chi connectivity index (χ2n) is 7.52. The summed E-state index contributed by atoms with van der Waals surface area (Å²) in [6, 6.07) is 15.6. The highest BCUT2D eigenvalue weighted by Crippen LogP contribution is 2.40. The van der Waals surface area contributed by atoms with E-state index in [9.17, 15) is 18.8 Å². The Hall–Kier alpha value is -3.14. The number of benzene rings is 3. The lowest BCUT2D eigenvalue weighted by Crippen LogP contribution is -2.27. The van der Waals surface area contributed by atoms with Crippen LogP contribution in [-0.2, 0) is 11.3 Å². The molecule has 184 valence electrons. The van der Waals surface area contributed by atoms with E-state index in [0.29, 0.717) is 15.1 Å². The van der Waals surface area contributed by atoms with Gasteiger partial charge in [0.05, 0.1) is 28.1 Å². The molecular weight excluding hydrogens is 573 g/mol. The van der Waals surface area contributed by atoms with E-state index in [1.54, 1.807) is 43.3 Å². The SMILES string of the molecule is CCOc1cc(/C=C2\SC(=O)N(Cc3ccccc3F)C2=O)cc(Br)c1OC(=O)c1cccc(Cl)c1. The van der Waals surface area contributed by atoms with E-state index in [2.05, 4.69) is 15.9 Å². The standard InChI is InChI=1S/C26H18BrClFNO5S/c1-2-34-21-11-15(10-19(27)23(21)35-25(32)16-7-5-8-18(28)13-16)12-22-24(31)30(26(33)36-22)14-17-6-3-4-9-20(17)29/h3-13H,2,14H2,1H3/b22-12-. The number of ether oxygens (including phenoxy) is 2. The van der Waals surface area contributed by atoms with Gasteiger partial charge in [-0.2, -0.15) is 0 Å². The van der Waals surface area contributed by atoms with E-state index < -0.39 is 22.9 Å². The normalized spacial score (nSPS) is 14.4. The number of imide groups is 1. The van der Waals surface area contributed by atoms with Gasteiger partial charge < -0.3 is 9.47 Å². The van der Waals surface area contributed by atoms with E-state index in [1.165, 1.54) is 30.3 Å². The summed E-state index contributed by atoms with van der Waals surface area (Å²) in [5, 5.41) is -0.0986. The number of nitrogens with zero attached hydrogens (tertiary/aromatic N) is 1. The zero-order valence-electron chi connectivity index (χ0n) is 18.8. The van der Waals surface area contributed by atoms with Crippen molar-refractivity contribution in [3.8, 4) is 11.5 Å². The van der Waals surface area contributed by atoms with E-state index in [-0.39, 0.29) is 40.7 Å². The number of hydrogen-bond donors (Lipinski definition) is 0. The summed E-state index contributed by atoms with van der Waals surface area (Å²) < 4.78 is 25.7. The molecule has 1 saturated heterocycles. The molecule has 36 heavy (non-hydrogen) atoms. The largest absolute Gasteiger partial charge is 0.490 e. The van der Waals surface area contributed by atoms with Crippen molar-refractivity contribution >= 4 is 62.5 Å². The molecule has 10 heteroatoms. The lowest BCUT2D eigenvalue weighted by Gasteiger charge is -2.14. The van der Waals surface area contributed by atoms with Crippen LogP contribution in [0.3, 0.4) is 0 Å². The van der Waals surface area contributed by atoms with Crippen LogP contribution in [0.1, 0.15) is 28.4 Å². The molecule has 0 atom stereocenters. The average molecular weight is 591 g/mol. The average Bonchev–Trinajstić information content (AvgIpc) is 3.10. The fourth-order valence-corrected chi connectivity index (χ4v) is 4.95. The summed E-state index contributed by atoms with van der Waals surface area (Å²) in [5.74, 6) is -1.22. The van der Waals surface area contributed by atoms with Crippen molar-refractivity contribution < 1.29 is 28.2 Å². The van der Waals surface area contributed by atoms with Crippen LogP contribution in [0.25, 0.3) is 6.08 Å². The first-order valence-electron chi connectivity index (χ1n) is 10.7. The summed E-state index contributed by atoms with van der Waals surface area (Å²) in [7, 11) is 0. The second kappa shape index (κ2) is 11.3. The third kappa shape index (κ3) is 5.80. The summed E-state index contributed by atoms with van der Waals surface area (Å²) in [6.07, 6.45) is 1.53. The molecule has 0 unspecified atom stereocenters. The number of carbonyl (C=O) groups is 3. The third-order valence-corrected chi connectivity index (χ3v) is 6.78. The molecule has 0 bridgehead atoms. The van der Waals surface area contributed by atoms with Gasteiger partial charge in [0.25, 0.3) is 11.1 Å². The Labute approximate surface area is 224 Å². The number of thioether (sulfide) groups is 1. The molecule has 2 amide bonds. The number of halogens is 3. The van der Waals surface area contributed by atoms with Crippen LogP contribution < -0.4 is 9.47 Å². The van der Waals surface area contributed by atoms with Crippen LogP contribution in [-0.4, -0.2) is 28.6 Å². The van der Waals surface area contributed by atoms with Crippen molar-refractivity contribution in [2.24, 2.45) is 0 Å². The van der Waals surface area contributed by atoms with Crippen molar-refractivity contribution in [1.29, 1.82) is 0 Å². The van der Waals surface area contributed by atoms with Gasteiger partial charge in [-0.15, -0.1) is 0 Å². The Morgan fingerprint density at radius 3 is 2.64 bits per heavy atom. The van der Waals surface area contributed by atoms with Gasteiger partial charge in [0.15, 0.2) is 11.5 Å². The topological polar surface area (TPSA) is 72.9 Å². The van der Waals surface area contributed by atoms with Crippen molar-refractivity contribution in [2.75, 3.05) is 6.61 Å². The minimum atomic E-state index is -0.624. The fourth-order valence-electron chi connectivity index (χ4n) is 3.38. The van der Waals surface area contributed by atoms with Crippen LogP contribution >= 0.6 is 39.3 Å². The second-order valence-corrected chi connectivity index (χ2v) is 9.81. The molecule has 0 aliphatic carbocycles. The third-order valence-electron chi connectivity index (χ3n) is 5.04. The number of esters is 1. The van der Waals surface area contributed by atoms with Gasteiger partial charge in [-0.25, -0.2) is 9.18 Å². The van der Waals surface area contributed by atoms with Gasteiger partial charge >= 0.3 is 5.97 Å². The Morgan fingerprint density at radius 2 is 1.92 bits per heavy atom. The molecule has 6 nitrogen and oxygen atoms in total. The molecule has 0 N–H and O–H groups in total. The molecule has 1 fully saturated rings. The smallest absolute Gasteiger partial charge is 0.343 e. The molecule has 1 heterocycles. The molecule has 4 rings (SSSR count). The molecule has 3 aromatic rings. The number of amides is 2. The minimum Gasteiger partial charge on any atom is -0.490 e. The molecule has 0 aromatic heterocycles. The van der Waals surface area contributed by atoms with Gasteiger partial charge in [0.2, 0.25) is 0 Å². The minimum absolute atomic E-state index is 0.159. The Bertz CT molecular complexity index is 1400. The molecule has 0 saturated carbocycles. The van der Waals surface area contributed by atoms with Crippen molar-refractivity contribution in [3.63, 3.8) is 0 Å². The predicted octanol–water partition coefficient (Wildman–Crippen LogP) is 7.10. The number of rotatable bonds is 7. The van der Waals surface area contributed by atoms with Gasteiger partial charge in [-0.1, -0.05) is 35.9 Å². The number of carbonyl (C=O) groups excluding carboxylic acids is 3. The maximum absolute atomic E-state index is 14.0. The lowest BCUT2D eigenvalue weighted by atomic mass is 10.1. The quantitative estimate of drug-likeness (QED) is 0.166. The molecule has 3 aromatic carbocycles. The Balaban J connectivity index is 1.60. The Morgan fingerprint density at radius 1 is 1.14 bits per heavy atom. The van der Waals surface area contributed by atoms with Crippen LogP contribution in [0.2, 0.25) is 5.02 Å². The van der Waals surface area contributed by atoms with Gasteiger partial charge in [0, 0.05) is 10.6 Å². The van der Waals surface area contributed by atoms with E-state index in [4.69, 9.17) is 21.1 Å². The van der Waals surface area contributed by atoms with Crippen LogP contribution in [0.5, 0.6) is 11.5 Å². The van der Waals surface area contributed by atoms with Crippen LogP contribution in [0.4, 0.5) is 9.18 Å². The van der Waals surface area contributed by atoms with Crippen molar-refractivity contribution in [1.82, 2.24) is 4.90 Å². The van der Waals surface area contributed by atoms with Gasteiger partial charge in [0.1, 0.15) is 5.82 Å². The first kappa shape index (κ1) is 25.9. The lowest BCUT2D eigenvalue weighted by molar-refractivity contribution is -0.123. The first-order valence-corrected chi connectivity index (χ1v) is 12.7. The highest BCUT2D eigenvalue weighted by Gasteiger charge is 2.35. The fraction of sp³-hybridized carbons (Fsp3) is 0.115. The molecule has 1 aliphatic rings. The molecule has 0 spiro atoms. The van der Waals surface area contributed by atoms with Crippen LogP contribution in [0.15, 0.2) is 70.0 Å². The zero-order chi connectivity index (χ0) is 25.8. The molecular formula is C26H18BrClFNO5S. The summed E-state index contributed by atoms with van der Waals surface area (Å²) in [4.78, 5) is 39.2. The van der Waals surface area contributed by atoms with E-state index >= 15 is 0 Å². The summed E-state index contributed by atoms with van der Waals surface area (Å²) in [6.45, 7) is 1.90. The summed E-state index contributed by atoms with van der Waals surface area (Å²) in [5.41, 5.74) is 1.04. The predicted molar refractivity (Wildman–Crippen MR) is 140 cm³/mol. The van der Waals surface area contributed by atoms with Gasteiger partial charge in [-0.3, -0.25) is 14.5 Å². The molecule has 0 radical (unpaired) electrons. The maximum atomic E-state index is 14.0. The monoisotopic (exact) mass is 589 g/mol. The zero-order valence-corrected chi connectivity index (χ0v) is 22.0. The highest BCUT2D eigenvalue weighted by molar-refractivity contribution is 9.10. The Kier molecular flexibility index (Phi) is 8.13. The van der Waals surface area contributed by atoms with Gasteiger partial charge in [-0.05, 0) is 82.7 Å². The summed E-state index contributed by atoms with van der Waals surface area (Å²) >= 11 is 10.1.